The maximum atomic E-state index is 14.3. The number of hydrogen-bond donors (Lipinski definition) is 2. The van der Waals surface area contributed by atoms with E-state index in [2.05, 4.69) is 4.98 Å². The van der Waals surface area contributed by atoms with Crippen molar-refractivity contribution in [2.75, 3.05) is 13.6 Å². The molecule has 10 heteroatoms. The van der Waals surface area contributed by atoms with E-state index in [9.17, 15) is 23.6 Å². The summed E-state index contributed by atoms with van der Waals surface area (Å²) in [5.74, 6) is -2.39. The first-order chi connectivity index (χ1) is 15.2. The number of amides is 2. The Hall–Kier alpha value is -3.37. The fourth-order valence-electron chi connectivity index (χ4n) is 4.19. The van der Waals surface area contributed by atoms with E-state index in [0.29, 0.717) is 41.0 Å². The van der Waals surface area contributed by atoms with Crippen molar-refractivity contribution in [2.24, 2.45) is 5.73 Å². The van der Waals surface area contributed by atoms with E-state index < -0.39 is 17.5 Å². The standard InChI is InChI=1S/C22H23F2N5O3/c1-27(32)22(31)18-8-16-14(11-28-6-2-3-19(28)21(25)30)12-29(20(16)9-26-18)10-13-4-5-15(23)7-17(13)24/h4-5,7-9,12,19,32H,2-3,6,10-11H2,1H3,(H2,25,30)/t19-/m0/s1. The van der Waals surface area contributed by atoms with E-state index in [4.69, 9.17) is 5.73 Å². The molecule has 0 aliphatic carbocycles. The monoisotopic (exact) mass is 443 g/mol. The number of halogens is 2. The van der Waals surface area contributed by atoms with Gasteiger partial charge in [0.05, 0.1) is 24.3 Å². The number of nitrogens with two attached hydrogens (primary N) is 1. The van der Waals surface area contributed by atoms with Crippen molar-refractivity contribution < 1.29 is 23.6 Å². The Morgan fingerprint density at radius 3 is 2.72 bits per heavy atom. The highest BCUT2D eigenvalue weighted by molar-refractivity contribution is 5.96. The third kappa shape index (κ3) is 4.19. The van der Waals surface area contributed by atoms with Crippen LogP contribution in [0.15, 0.2) is 36.7 Å². The van der Waals surface area contributed by atoms with Gasteiger partial charge >= 0.3 is 0 Å². The Bertz CT molecular complexity index is 1190. The minimum absolute atomic E-state index is 0.0438. The molecule has 8 nitrogen and oxygen atoms in total. The molecule has 2 amide bonds. The summed E-state index contributed by atoms with van der Waals surface area (Å²) in [5, 5.41) is 10.6. The molecule has 1 saturated heterocycles. The van der Waals surface area contributed by atoms with E-state index >= 15 is 0 Å². The largest absolute Gasteiger partial charge is 0.368 e. The van der Waals surface area contributed by atoms with Gasteiger partial charge in [-0.25, -0.2) is 18.8 Å². The number of carbonyl (C=O) groups excluding carboxylic acids is 2. The lowest BCUT2D eigenvalue weighted by Gasteiger charge is -2.21. The van der Waals surface area contributed by atoms with Gasteiger partial charge in [-0.1, -0.05) is 6.07 Å². The zero-order chi connectivity index (χ0) is 23.0. The van der Waals surface area contributed by atoms with Crippen LogP contribution in [0.3, 0.4) is 0 Å². The first-order valence-corrected chi connectivity index (χ1v) is 10.2. The molecule has 1 fully saturated rings. The average molecular weight is 443 g/mol. The van der Waals surface area contributed by atoms with E-state index in [-0.39, 0.29) is 24.2 Å². The quantitative estimate of drug-likeness (QED) is 0.449. The Morgan fingerprint density at radius 2 is 2.03 bits per heavy atom. The molecule has 1 aromatic carbocycles. The predicted octanol–water partition coefficient (Wildman–Crippen LogP) is 2.27. The van der Waals surface area contributed by atoms with Gasteiger partial charge in [-0.15, -0.1) is 0 Å². The van der Waals surface area contributed by atoms with Crippen molar-refractivity contribution in [2.45, 2.75) is 32.0 Å². The minimum atomic E-state index is -0.675. The summed E-state index contributed by atoms with van der Waals surface area (Å²) in [4.78, 5) is 30.1. The number of rotatable bonds is 6. The van der Waals surface area contributed by atoms with Crippen LogP contribution in [-0.2, 0) is 17.9 Å². The molecule has 3 heterocycles. The number of primary amides is 1. The summed E-state index contributed by atoms with van der Waals surface area (Å²) in [6.45, 7) is 1.22. The van der Waals surface area contributed by atoms with Crippen LogP contribution in [-0.4, -0.2) is 56.2 Å². The van der Waals surface area contributed by atoms with Crippen LogP contribution in [0.4, 0.5) is 8.78 Å². The molecular formula is C22H23F2N5O3. The van der Waals surface area contributed by atoms with Gasteiger partial charge in [0.1, 0.15) is 17.3 Å². The maximum absolute atomic E-state index is 14.3. The average Bonchev–Trinajstić information content (AvgIpc) is 3.34. The minimum Gasteiger partial charge on any atom is -0.368 e. The molecule has 0 unspecified atom stereocenters. The molecule has 0 radical (unpaired) electrons. The summed E-state index contributed by atoms with van der Waals surface area (Å²) in [6, 6.07) is 4.59. The van der Waals surface area contributed by atoms with Crippen LogP contribution in [0.2, 0.25) is 0 Å². The molecular weight excluding hydrogens is 420 g/mol. The highest BCUT2D eigenvalue weighted by Crippen LogP contribution is 2.28. The highest BCUT2D eigenvalue weighted by atomic mass is 19.1. The lowest BCUT2D eigenvalue weighted by molar-refractivity contribution is -0.122. The summed E-state index contributed by atoms with van der Waals surface area (Å²) in [7, 11) is 1.21. The van der Waals surface area contributed by atoms with Crippen LogP contribution in [0.5, 0.6) is 0 Å². The van der Waals surface area contributed by atoms with Crippen molar-refractivity contribution in [3.8, 4) is 0 Å². The van der Waals surface area contributed by atoms with Gasteiger partial charge in [-0.05, 0) is 37.1 Å². The number of fused-ring (bicyclic) bond motifs is 1. The lowest BCUT2D eigenvalue weighted by atomic mass is 10.1. The number of pyridine rings is 1. The molecule has 3 N–H and O–H groups in total. The van der Waals surface area contributed by atoms with Crippen LogP contribution < -0.4 is 5.73 Å². The van der Waals surface area contributed by atoms with E-state index in [0.717, 1.165) is 18.1 Å². The van der Waals surface area contributed by atoms with Gasteiger partial charge in [0.15, 0.2) is 0 Å². The number of benzene rings is 1. The maximum Gasteiger partial charge on any atom is 0.295 e. The molecule has 32 heavy (non-hydrogen) atoms. The molecule has 2 aromatic heterocycles. The molecule has 1 aliphatic rings. The van der Waals surface area contributed by atoms with Crippen molar-refractivity contribution in [3.05, 3.63) is 65.1 Å². The Labute approximate surface area is 182 Å². The molecule has 1 aliphatic heterocycles. The molecule has 4 rings (SSSR count). The lowest BCUT2D eigenvalue weighted by Crippen LogP contribution is -2.39. The highest BCUT2D eigenvalue weighted by Gasteiger charge is 2.30. The molecule has 0 bridgehead atoms. The van der Waals surface area contributed by atoms with E-state index in [1.807, 2.05) is 11.1 Å². The number of likely N-dealkylation sites (tertiary alicyclic amines) is 1. The molecule has 3 aromatic rings. The number of hydrogen-bond acceptors (Lipinski definition) is 5. The molecule has 0 spiro atoms. The predicted molar refractivity (Wildman–Crippen MR) is 112 cm³/mol. The van der Waals surface area contributed by atoms with Crippen molar-refractivity contribution in [3.63, 3.8) is 0 Å². The number of carbonyl (C=O) groups is 2. The Morgan fingerprint density at radius 1 is 1.25 bits per heavy atom. The fraction of sp³-hybridized carbons (Fsp3) is 0.318. The summed E-state index contributed by atoms with van der Waals surface area (Å²) in [6.07, 6.45) is 4.80. The van der Waals surface area contributed by atoms with Crippen LogP contribution in [0, 0.1) is 11.6 Å². The second kappa shape index (κ2) is 8.64. The van der Waals surface area contributed by atoms with Gasteiger partial charge in [0.25, 0.3) is 5.91 Å². The number of hydroxylamine groups is 2. The number of aromatic nitrogens is 2. The van der Waals surface area contributed by atoms with Crippen molar-refractivity contribution in [1.29, 1.82) is 0 Å². The zero-order valence-electron chi connectivity index (χ0n) is 17.5. The third-order valence-electron chi connectivity index (χ3n) is 5.78. The second-order valence-corrected chi connectivity index (χ2v) is 7.96. The van der Waals surface area contributed by atoms with Gasteiger partial charge in [-0.3, -0.25) is 19.7 Å². The number of nitrogens with zero attached hydrogens (tertiary/aromatic N) is 4. The Kier molecular flexibility index (Phi) is 5.90. The zero-order valence-corrected chi connectivity index (χ0v) is 17.5. The normalized spacial score (nSPS) is 16.6. The summed E-state index contributed by atoms with van der Waals surface area (Å²) >= 11 is 0. The first kappa shape index (κ1) is 21.8. The topological polar surface area (TPSA) is 105 Å². The molecule has 0 saturated carbocycles. The second-order valence-electron chi connectivity index (χ2n) is 7.96. The van der Waals surface area contributed by atoms with Crippen LogP contribution >= 0.6 is 0 Å². The van der Waals surface area contributed by atoms with Crippen LogP contribution in [0.25, 0.3) is 10.9 Å². The third-order valence-corrected chi connectivity index (χ3v) is 5.78. The van der Waals surface area contributed by atoms with Gasteiger partial charge < -0.3 is 10.3 Å². The van der Waals surface area contributed by atoms with Crippen LogP contribution in [0.1, 0.15) is 34.5 Å². The van der Waals surface area contributed by atoms with Crippen molar-refractivity contribution >= 4 is 22.7 Å². The van der Waals surface area contributed by atoms with Gasteiger partial charge in [0.2, 0.25) is 5.91 Å². The summed E-state index contributed by atoms with van der Waals surface area (Å²) < 4.78 is 29.3. The summed E-state index contributed by atoms with van der Waals surface area (Å²) in [5.41, 5.74) is 7.31. The van der Waals surface area contributed by atoms with E-state index in [1.165, 1.54) is 25.4 Å². The Balaban J connectivity index is 1.77. The van der Waals surface area contributed by atoms with Crippen molar-refractivity contribution in [1.82, 2.24) is 19.5 Å². The molecule has 1 atom stereocenters. The van der Waals surface area contributed by atoms with E-state index in [1.54, 1.807) is 10.6 Å². The molecule has 168 valence electrons. The van der Waals surface area contributed by atoms with Gasteiger partial charge in [0, 0.05) is 36.8 Å². The smallest absolute Gasteiger partial charge is 0.295 e. The first-order valence-electron chi connectivity index (χ1n) is 10.2. The van der Waals surface area contributed by atoms with Gasteiger partial charge in [-0.2, -0.15) is 0 Å². The fourth-order valence-corrected chi connectivity index (χ4v) is 4.19. The SMILES string of the molecule is CN(O)C(=O)c1cc2c(CN3CCC[C@H]3C(N)=O)cn(Cc3ccc(F)cc3F)c2cn1.